The Kier molecular flexibility index (Phi) is 3.23. The van der Waals surface area contributed by atoms with E-state index >= 15 is 0 Å². The highest BCUT2D eigenvalue weighted by Gasteiger charge is 2.35. The zero-order chi connectivity index (χ0) is 11.4. The molecule has 88 valence electrons. The largest absolute Gasteiger partial charge is 0.165 e. The van der Waals surface area contributed by atoms with Crippen molar-refractivity contribution < 1.29 is 0 Å². The highest BCUT2D eigenvalue weighted by atomic mass is 32.3. The van der Waals surface area contributed by atoms with Gasteiger partial charge in [0.1, 0.15) is 10.1 Å². The smallest absolute Gasteiger partial charge is 0.150 e. The Labute approximate surface area is 128 Å². The highest BCUT2D eigenvalue weighted by molar-refractivity contribution is 8.46. The third-order valence-corrected chi connectivity index (χ3v) is 11.4. The van der Waals surface area contributed by atoms with Crippen molar-refractivity contribution in [3.63, 3.8) is 0 Å². The van der Waals surface area contributed by atoms with Gasteiger partial charge in [-0.3, -0.25) is 0 Å². The predicted molar refractivity (Wildman–Crippen MR) is 85.5 cm³/mol. The molecule has 0 unspecified atom stereocenters. The van der Waals surface area contributed by atoms with Gasteiger partial charge in [-0.15, -0.1) is 23.5 Å². The van der Waals surface area contributed by atoms with E-state index in [2.05, 4.69) is 15.7 Å². The average Bonchev–Trinajstić information content (AvgIpc) is 2.90. The summed E-state index contributed by atoms with van der Waals surface area (Å²) < 4.78 is 15.0. The Morgan fingerprint density at radius 2 is 1.29 bits per heavy atom. The van der Waals surface area contributed by atoms with Crippen molar-refractivity contribution in [1.29, 1.82) is 0 Å². The van der Waals surface area contributed by atoms with Crippen LogP contribution >= 0.6 is 82.3 Å². The SMILES string of the molecule is CC1SC2=C(SC(=C3Sc4nsnc4S3)S2)S1. The summed E-state index contributed by atoms with van der Waals surface area (Å²) in [6.07, 6.45) is 0. The first kappa shape index (κ1) is 11.9. The van der Waals surface area contributed by atoms with Crippen molar-refractivity contribution in [2.75, 3.05) is 0 Å². The number of rotatable bonds is 0. The highest BCUT2D eigenvalue weighted by Crippen LogP contribution is 2.68. The standard InChI is InChI=1S/C8H4N2S7/c1-2-11-5-6(12-2)16-8(15-5)7-13-3-4(14-7)10-17-9-3/h2H,1H3. The quantitative estimate of drug-likeness (QED) is 0.621. The van der Waals surface area contributed by atoms with Crippen LogP contribution in [-0.2, 0) is 0 Å². The Morgan fingerprint density at radius 1 is 0.765 bits per heavy atom. The van der Waals surface area contributed by atoms with Crippen LogP contribution in [0.1, 0.15) is 6.92 Å². The molecular formula is C8H4N2S7. The predicted octanol–water partition coefficient (Wildman–Crippen LogP) is 5.30. The summed E-state index contributed by atoms with van der Waals surface area (Å²) in [5, 5.41) is 2.17. The van der Waals surface area contributed by atoms with Gasteiger partial charge in [-0.25, -0.2) is 0 Å². The minimum Gasteiger partial charge on any atom is -0.165 e. The van der Waals surface area contributed by atoms with Gasteiger partial charge in [0.2, 0.25) is 0 Å². The van der Waals surface area contributed by atoms with Gasteiger partial charge in [-0.2, -0.15) is 8.75 Å². The number of nitrogens with zero attached hydrogens (tertiary/aromatic N) is 2. The molecule has 0 saturated heterocycles. The van der Waals surface area contributed by atoms with Crippen molar-refractivity contribution >= 4 is 82.3 Å². The van der Waals surface area contributed by atoms with Crippen LogP contribution in [0.25, 0.3) is 0 Å². The van der Waals surface area contributed by atoms with Crippen molar-refractivity contribution in [2.24, 2.45) is 0 Å². The van der Waals surface area contributed by atoms with Gasteiger partial charge in [0, 0.05) is 0 Å². The summed E-state index contributed by atoms with van der Waals surface area (Å²) in [6.45, 7) is 2.27. The van der Waals surface area contributed by atoms with Crippen LogP contribution < -0.4 is 0 Å². The molecule has 3 aliphatic heterocycles. The van der Waals surface area contributed by atoms with E-state index in [0.717, 1.165) is 10.1 Å². The maximum Gasteiger partial charge on any atom is 0.150 e. The van der Waals surface area contributed by atoms with Crippen molar-refractivity contribution in [3.05, 3.63) is 16.9 Å². The van der Waals surface area contributed by atoms with E-state index in [1.807, 2.05) is 47.0 Å². The molecule has 0 radical (unpaired) electrons. The molecular weight excluding hydrogens is 349 g/mol. The average molecular weight is 353 g/mol. The Bertz CT molecular complexity index is 517. The summed E-state index contributed by atoms with van der Waals surface area (Å²) in [5.74, 6) is 0. The zero-order valence-electron chi connectivity index (χ0n) is 8.33. The first-order valence-corrected chi connectivity index (χ1v) is 10.4. The molecule has 0 saturated carbocycles. The fourth-order valence-corrected chi connectivity index (χ4v) is 11.5. The molecule has 2 nitrogen and oxygen atoms in total. The summed E-state index contributed by atoms with van der Waals surface area (Å²) >= 11 is 12.7. The van der Waals surface area contributed by atoms with Crippen LogP contribution in [-0.4, -0.2) is 13.3 Å². The second kappa shape index (κ2) is 4.60. The minimum atomic E-state index is 0.681. The van der Waals surface area contributed by atoms with Crippen molar-refractivity contribution in [2.45, 2.75) is 21.6 Å². The summed E-state index contributed by atoms with van der Waals surface area (Å²) in [4.78, 5) is 0. The molecule has 1 aromatic rings. The van der Waals surface area contributed by atoms with Crippen molar-refractivity contribution in [1.82, 2.24) is 8.75 Å². The van der Waals surface area contributed by atoms with E-state index in [9.17, 15) is 0 Å². The minimum absolute atomic E-state index is 0.681. The molecule has 0 fully saturated rings. The molecule has 0 atom stereocenters. The van der Waals surface area contributed by atoms with Gasteiger partial charge in [0.25, 0.3) is 0 Å². The van der Waals surface area contributed by atoms with Crippen molar-refractivity contribution in [3.8, 4) is 0 Å². The van der Waals surface area contributed by atoms with Gasteiger partial charge >= 0.3 is 0 Å². The van der Waals surface area contributed by atoms with Crippen LogP contribution in [0.4, 0.5) is 0 Å². The van der Waals surface area contributed by atoms with Crippen LogP contribution in [0.2, 0.25) is 0 Å². The zero-order valence-corrected chi connectivity index (χ0v) is 14.0. The molecule has 0 spiro atoms. The molecule has 9 heteroatoms. The lowest BCUT2D eigenvalue weighted by molar-refractivity contribution is 1.10. The fraction of sp³-hybridized carbons (Fsp3) is 0.250. The first-order chi connectivity index (χ1) is 8.29. The van der Waals surface area contributed by atoms with Crippen LogP contribution in [0.5, 0.6) is 0 Å². The molecule has 4 heterocycles. The molecule has 3 aliphatic rings. The molecule has 1 aromatic heterocycles. The molecule has 0 aliphatic carbocycles. The lowest BCUT2D eigenvalue weighted by atomic mass is 10.9. The lowest BCUT2D eigenvalue weighted by Crippen LogP contribution is -1.80. The Balaban J connectivity index is 1.58. The van der Waals surface area contributed by atoms with Gasteiger partial charge < -0.3 is 0 Å². The van der Waals surface area contributed by atoms with E-state index in [-0.39, 0.29) is 0 Å². The van der Waals surface area contributed by atoms with E-state index in [4.69, 9.17) is 0 Å². The number of hydrogen-bond acceptors (Lipinski definition) is 9. The molecule has 0 bridgehead atoms. The normalized spacial score (nSPS) is 23.8. The number of fused-ring (bicyclic) bond motifs is 1. The summed E-state index contributed by atoms with van der Waals surface area (Å²) in [5.41, 5.74) is 0. The van der Waals surface area contributed by atoms with Gasteiger partial charge in [0.05, 0.1) is 33.3 Å². The van der Waals surface area contributed by atoms with E-state index in [1.54, 1.807) is 23.5 Å². The molecule has 0 amide bonds. The van der Waals surface area contributed by atoms with Gasteiger partial charge in [-0.05, 0) is 6.92 Å². The Morgan fingerprint density at radius 3 is 1.88 bits per heavy atom. The number of hydrogen-bond donors (Lipinski definition) is 0. The number of thioether (sulfide) groups is 6. The molecule has 0 N–H and O–H groups in total. The molecule has 0 aromatic carbocycles. The third-order valence-electron chi connectivity index (χ3n) is 2.06. The molecule has 17 heavy (non-hydrogen) atoms. The topological polar surface area (TPSA) is 25.8 Å². The lowest BCUT2D eigenvalue weighted by Gasteiger charge is -2.05. The first-order valence-electron chi connectivity index (χ1n) is 4.65. The second-order valence-electron chi connectivity index (χ2n) is 3.24. The fourth-order valence-electron chi connectivity index (χ4n) is 1.40. The maximum atomic E-state index is 4.30. The van der Waals surface area contributed by atoms with Crippen LogP contribution in [0, 0.1) is 0 Å². The van der Waals surface area contributed by atoms with Crippen LogP contribution in [0.15, 0.2) is 27.0 Å². The Hall–Kier alpha value is 1.14. The van der Waals surface area contributed by atoms with E-state index in [1.165, 1.54) is 28.7 Å². The van der Waals surface area contributed by atoms with E-state index in [0.29, 0.717) is 4.58 Å². The number of aromatic nitrogens is 2. The monoisotopic (exact) mass is 352 g/mol. The van der Waals surface area contributed by atoms with E-state index < -0.39 is 0 Å². The summed E-state index contributed by atoms with van der Waals surface area (Å²) in [6, 6.07) is 0. The maximum absolute atomic E-state index is 4.30. The summed E-state index contributed by atoms with van der Waals surface area (Å²) in [7, 11) is 0. The molecule has 4 rings (SSSR count). The third kappa shape index (κ3) is 2.11. The second-order valence-corrected chi connectivity index (χ2v) is 11.8. The van der Waals surface area contributed by atoms with Gasteiger partial charge in [0.15, 0.2) is 0 Å². The van der Waals surface area contributed by atoms with Gasteiger partial charge in [-0.1, -0.05) is 47.0 Å². The van der Waals surface area contributed by atoms with Crippen LogP contribution in [0.3, 0.4) is 0 Å².